The lowest BCUT2D eigenvalue weighted by Crippen LogP contribution is -2.38. The van der Waals surface area contributed by atoms with Gasteiger partial charge < -0.3 is 10.2 Å². The summed E-state index contributed by atoms with van der Waals surface area (Å²) < 4.78 is 0. The predicted octanol–water partition coefficient (Wildman–Crippen LogP) is 5.92. The molecule has 4 nitrogen and oxygen atoms in total. The van der Waals surface area contributed by atoms with Crippen LogP contribution in [-0.2, 0) is 16.1 Å². The molecule has 0 aliphatic rings. The minimum absolute atomic E-state index is 0.0788. The van der Waals surface area contributed by atoms with Crippen LogP contribution in [0.5, 0.6) is 0 Å². The second kappa shape index (κ2) is 10.8. The third kappa shape index (κ3) is 6.46. The van der Waals surface area contributed by atoms with Crippen molar-refractivity contribution < 1.29 is 9.59 Å². The number of thioether (sulfide) groups is 1. The monoisotopic (exact) mass is 432 g/mol. The van der Waals surface area contributed by atoms with E-state index in [0.717, 1.165) is 21.7 Å². The number of carbonyl (C=O) groups is 2. The van der Waals surface area contributed by atoms with Gasteiger partial charge in [0.25, 0.3) is 0 Å². The molecule has 0 bridgehead atoms. The molecule has 0 fully saturated rings. The summed E-state index contributed by atoms with van der Waals surface area (Å²) in [5, 5.41) is 2.60. The number of rotatable bonds is 8. The highest BCUT2D eigenvalue weighted by Crippen LogP contribution is 2.30. The molecule has 3 aromatic rings. The molecule has 2 atom stereocenters. The molecule has 3 rings (SSSR count). The van der Waals surface area contributed by atoms with Gasteiger partial charge in [0.1, 0.15) is 0 Å². The molecule has 160 valence electrons. The summed E-state index contributed by atoms with van der Waals surface area (Å²) in [6.45, 7) is 6.00. The van der Waals surface area contributed by atoms with Crippen molar-refractivity contribution in [3.05, 3.63) is 96.1 Å². The van der Waals surface area contributed by atoms with Crippen LogP contribution < -0.4 is 5.32 Å². The fourth-order valence-electron chi connectivity index (χ4n) is 3.43. The van der Waals surface area contributed by atoms with Crippen LogP contribution in [0.3, 0.4) is 0 Å². The van der Waals surface area contributed by atoms with Gasteiger partial charge in [-0.3, -0.25) is 9.59 Å². The molecule has 0 aliphatic carbocycles. The van der Waals surface area contributed by atoms with E-state index in [1.54, 1.807) is 11.8 Å². The first-order valence-corrected chi connectivity index (χ1v) is 11.3. The molecule has 0 heterocycles. The number of hydrogen-bond donors (Lipinski definition) is 1. The minimum Gasteiger partial charge on any atom is -0.331 e. The number of nitrogens with one attached hydrogen (secondary N) is 1. The highest BCUT2D eigenvalue weighted by molar-refractivity contribution is 8.00. The van der Waals surface area contributed by atoms with E-state index in [0.29, 0.717) is 6.54 Å². The van der Waals surface area contributed by atoms with E-state index in [4.69, 9.17) is 0 Å². The molecule has 2 amide bonds. The van der Waals surface area contributed by atoms with Crippen LogP contribution in [0.1, 0.15) is 37.9 Å². The second-order valence-corrected chi connectivity index (χ2v) is 8.92. The van der Waals surface area contributed by atoms with Crippen LogP contribution in [-0.4, -0.2) is 22.0 Å². The molecule has 0 aromatic heterocycles. The van der Waals surface area contributed by atoms with E-state index in [1.165, 1.54) is 6.92 Å². The van der Waals surface area contributed by atoms with E-state index < -0.39 is 0 Å². The maximum absolute atomic E-state index is 13.6. The summed E-state index contributed by atoms with van der Waals surface area (Å²) in [5.74, 6) is -0.0370. The highest BCUT2D eigenvalue weighted by atomic mass is 32.2. The SMILES string of the molecule is CC(=O)Nc1cccc(C(C)N(Cc2ccccc2)C(=O)C(C)Sc2ccccc2)c1. The number of carbonyl (C=O) groups excluding carboxylic acids is 2. The lowest BCUT2D eigenvalue weighted by molar-refractivity contribution is -0.133. The van der Waals surface area contributed by atoms with Gasteiger partial charge in [-0.2, -0.15) is 0 Å². The molecule has 0 aliphatic heterocycles. The van der Waals surface area contributed by atoms with Gasteiger partial charge >= 0.3 is 0 Å². The first-order chi connectivity index (χ1) is 14.9. The van der Waals surface area contributed by atoms with E-state index in [1.807, 2.05) is 104 Å². The van der Waals surface area contributed by atoms with Crippen molar-refractivity contribution in [1.82, 2.24) is 4.90 Å². The van der Waals surface area contributed by atoms with E-state index in [-0.39, 0.29) is 23.1 Å². The molecular weight excluding hydrogens is 404 g/mol. The summed E-state index contributed by atoms with van der Waals surface area (Å²) in [6.07, 6.45) is 0. The van der Waals surface area contributed by atoms with Gasteiger partial charge in [-0.15, -0.1) is 11.8 Å². The van der Waals surface area contributed by atoms with Gasteiger partial charge in [-0.1, -0.05) is 60.7 Å². The largest absolute Gasteiger partial charge is 0.331 e. The van der Waals surface area contributed by atoms with Gasteiger partial charge in [0.2, 0.25) is 11.8 Å². The first kappa shape index (κ1) is 22.6. The zero-order chi connectivity index (χ0) is 22.2. The second-order valence-electron chi connectivity index (χ2n) is 7.51. The van der Waals surface area contributed by atoms with Crippen molar-refractivity contribution in [3.8, 4) is 0 Å². The Morgan fingerprint density at radius 3 is 2.19 bits per heavy atom. The van der Waals surface area contributed by atoms with Gasteiger partial charge in [0.15, 0.2) is 0 Å². The van der Waals surface area contributed by atoms with Crippen molar-refractivity contribution in [2.75, 3.05) is 5.32 Å². The Labute approximate surface area is 188 Å². The molecule has 5 heteroatoms. The van der Waals surface area contributed by atoms with Gasteiger partial charge in [0, 0.05) is 24.1 Å². The molecule has 0 saturated carbocycles. The van der Waals surface area contributed by atoms with Crippen molar-refractivity contribution >= 4 is 29.3 Å². The van der Waals surface area contributed by atoms with Crippen molar-refractivity contribution in [2.45, 2.75) is 43.5 Å². The van der Waals surface area contributed by atoms with Gasteiger partial charge in [0.05, 0.1) is 11.3 Å². The smallest absolute Gasteiger partial charge is 0.236 e. The molecule has 2 unspecified atom stereocenters. The van der Waals surface area contributed by atoms with Crippen molar-refractivity contribution in [3.63, 3.8) is 0 Å². The molecular formula is C26H28N2O2S. The molecule has 0 saturated heterocycles. The summed E-state index contributed by atoms with van der Waals surface area (Å²) in [4.78, 5) is 28.0. The summed E-state index contributed by atoms with van der Waals surface area (Å²) in [6, 6.07) is 27.6. The normalized spacial score (nSPS) is 12.6. The Bertz CT molecular complexity index is 1010. The minimum atomic E-state index is -0.230. The average molecular weight is 433 g/mol. The van der Waals surface area contributed by atoms with Crippen molar-refractivity contribution in [2.24, 2.45) is 0 Å². The molecule has 1 N–H and O–H groups in total. The van der Waals surface area contributed by atoms with Crippen LogP contribution >= 0.6 is 11.8 Å². The van der Waals surface area contributed by atoms with Crippen LogP contribution in [0.25, 0.3) is 0 Å². The van der Waals surface area contributed by atoms with E-state index in [2.05, 4.69) is 5.32 Å². The summed E-state index contributed by atoms with van der Waals surface area (Å²) >= 11 is 1.57. The number of benzene rings is 3. The molecule has 3 aromatic carbocycles. The quantitative estimate of drug-likeness (QED) is 0.450. The Hall–Kier alpha value is -3.05. The average Bonchev–Trinajstić information content (AvgIpc) is 2.77. The van der Waals surface area contributed by atoms with Crippen LogP contribution in [0.15, 0.2) is 89.8 Å². The van der Waals surface area contributed by atoms with E-state index in [9.17, 15) is 9.59 Å². The summed E-state index contributed by atoms with van der Waals surface area (Å²) in [7, 11) is 0. The predicted molar refractivity (Wildman–Crippen MR) is 128 cm³/mol. The van der Waals surface area contributed by atoms with Crippen LogP contribution in [0.4, 0.5) is 5.69 Å². The Morgan fingerprint density at radius 2 is 1.55 bits per heavy atom. The fourth-order valence-corrected chi connectivity index (χ4v) is 4.39. The third-order valence-corrected chi connectivity index (χ3v) is 6.14. The van der Waals surface area contributed by atoms with Gasteiger partial charge in [-0.25, -0.2) is 0 Å². The highest BCUT2D eigenvalue weighted by Gasteiger charge is 2.27. The molecule has 0 spiro atoms. The third-order valence-electron chi connectivity index (χ3n) is 5.04. The Balaban J connectivity index is 1.86. The van der Waals surface area contributed by atoms with Gasteiger partial charge in [-0.05, 0) is 49.2 Å². The Kier molecular flexibility index (Phi) is 7.90. The molecule has 31 heavy (non-hydrogen) atoms. The standard InChI is InChI=1S/C26H28N2O2S/c1-19(23-13-10-14-24(17-23)27-21(3)29)28(18-22-11-6-4-7-12-22)26(30)20(2)31-25-15-8-5-9-16-25/h4-17,19-20H,18H2,1-3H3,(H,27,29). The lowest BCUT2D eigenvalue weighted by atomic mass is 10.0. The maximum atomic E-state index is 13.6. The number of amides is 2. The fraction of sp³-hybridized carbons (Fsp3) is 0.231. The number of hydrogen-bond acceptors (Lipinski definition) is 3. The van der Waals surface area contributed by atoms with Crippen molar-refractivity contribution in [1.29, 1.82) is 0 Å². The zero-order valence-electron chi connectivity index (χ0n) is 18.1. The first-order valence-electron chi connectivity index (χ1n) is 10.4. The number of nitrogens with zero attached hydrogens (tertiary/aromatic N) is 1. The zero-order valence-corrected chi connectivity index (χ0v) is 18.9. The van der Waals surface area contributed by atoms with Crippen LogP contribution in [0, 0.1) is 0 Å². The van der Waals surface area contributed by atoms with Crippen LogP contribution in [0.2, 0.25) is 0 Å². The topological polar surface area (TPSA) is 49.4 Å². The number of anilines is 1. The lowest BCUT2D eigenvalue weighted by Gasteiger charge is -2.32. The van der Waals surface area contributed by atoms with E-state index >= 15 is 0 Å². The molecule has 0 radical (unpaired) electrons. The maximum Gasteiger partial charge on any atom is 0.236 e. The Morgan fingerprint density at radius 1 is 0.903 bits per heavy atom. The summed E-state index contributed by atoms with van der Waals surface area (Å²) in [5.41, 5.74) is 2.79.